The Morgan fingerprint density at radius 3 is 2.50 bits per heavy atom. The van der Waals surface area contributed by atoms with Crippen LogP contribution in [0.5, 0.6) is 5.75 Å². The summed E-state index contributed by atoms with van der Waals surface area (Å²) in [6.45, 7) is 0.980. The van der Waals surface area contributed by atoms with E-state index in [2.05, 4.69) is 14.6 Å². The molecule has 2 N–H and O–H groups in total. The van der Waals surface area contributed by atoms with E-state index >= 15 is 0 Å². The van der Waals surface area contributed by atoms with Crippen LogP contribution >= 0.6 is 9.24 Å². The van der Waals surface area contributed by atoms with E-state index < -0.39 is 0 Å². The minimum absolute atomic E-state index is 0.331. The predicted octanol–water partition coefficient (Wildman–Crippen LogP) is 1.36. The van der Waals surface area contributed by atoms with Gasteiger partial charge in [-0.05, 0) is 30.7 Å². The lowest BCUT2D eigenvalue weighted by Gasteiger charge is -2.01. The molecule has 0 saturated heterocycles. The van der Waals surface area contributed by atoms with Crippen molar-refractivity contribution >= 4 is 9.24 Å². The van der Waals surface area contributed by atoms with Gasteiger partial charge in [-0.1, -0.05) is 12.1 Å². The fourth-order valence-electron chi connectivity index (χ4n) is 0.997. The molecule has 0 spiro atoms. The third kappa shape index (κ3) is 3.21. The minimum Gasteiger partial charge on any atom is -0.508 e. The first-order chi connectivity index (χ1) is 5.83. The second-order valence-electron chi connectivity index (χ2n) is 2.62. The topological polar surface area (TPSA) is 32.3 Å². The van der Waals surface area contributed by atoms with Crippen LogP contribution < -0.4 is 5.32 Å². The zero-order valence-corrected chi connectivity index (χ0v) is 8.11. The fourth-order valence-corrected chi connectivity index (χ4v) is 1.20. The Labute approximate surface area is 75.2 Å². The smallest absolute Gasteiger partial charge is 0.115 e. The molecule has 1 rings (SSSR count). The number of benzene rings is 1. The molecule has 0 heterocycles. The van der Waals surface area contributed by atoms with Crippen molar-refractivity contribution in [2.45, 2.75) is 6.42 Å². The molecule has 1 aromatic rings. The Morgan fingerprint density at radius 1 is 1.25 bits per heavy atom. The maximum Gasteiger partial charge on any atom is 0.115 e. The molecule has 2 nitrogen and oxygen atoms in total. The van der Waals surface area contributed by atoms with Crippen LogP contribution in [-0.4, -0.2) is 17.9 Å². The van der Waals surface area contributed by atoms with Gasteiger partial charge in [-0.25, -0.2) is 0 Å². The molecule has 0 radical (unpaired) electrons. The normalized spacial score (nSPS) is 10.1. The molecule has 66 valence electrons. The van der Waals surface area contributed by atoms with Crippen LogP contribution in [0.25, 0.3) is 0 Å². The number of aromatic hydroxyl groups is 1. The van der Waals surface area contributed by atoms with E-state index in [4.69, 9.17) is 5.11 Å². The first-order valence-corrected chi connectivity index (χ1v) is 4.83. The molecule has 3 heteroatoms. The van der Waals surface area contributed by atoms with Gasteiger partial charge in [0.05, 0.1) is 0 Å². The summed E-state index contributed by atoms with van der Waals surface area (Å²) in [5, 5.41) is 12.2. The van der Waals surface area contributed by atoms with Crippen molar-refractivity contribution in [2.75, 3.05) is 12.8 Å². The van der Waals surface area contributed by atoms with E-state index in [0.29, 0.717) is 5.75 Å². The fraction of sp³-hybridized carbons (Fsp3) is 0.333. The number of phenols is 1. The van der Waals surface area contributed by atoms with Gasteiger partial charge in [0.1, 0.15) is 5.75 Å². The Kier molecular flexibility index (Phi) is 4.06. The van der Waals surface area contributed by atoms with Crippen molar-refractivity contribution in [3.8, 4) is 5.75 Å². The lowest BCUT2D eigenvalue weighted by Crippen LogP contribution is -2.14. The second-order valence-corrected chi connectivity index (χ2v) is 3.03. The van der Waals surface area contributed by atoms with Gasteiger partial charge < -0.3 is 10.4 Å². The van der Waals surface area contributed by atoms with E-state index in [9.17, 15) is 0 Å². The summed E-state index contributed by atoms with van der Waals surface area (Å²) in [5.41, 5.74) is 1.25. The maximum absolute atomic E-state index is 9.01. The van der Waals surface area contributed by atoms with Gasteiger partial charge in [-0.3, -0.25) is 0 Å². The van der Waals surface area contributed by atoms with Crippen LogP contribution in [0.1, 0.15) is 5.56 Å². The summed E-state index contributed by atoms with van der Waals surface area (Å²) in [5.74, 6) is 0.331. The molecule has 1 aromatic carbocycles. The van der Waals surface area contributed by atoms with Crippen LogP contribution in [0.2, 0.25) is 0 Å². The molecular weight excluding hydrogens is 169 g/mol. The second kappa shape index (κ2) is 5.13. The molecule has 0 bridgehead atoms. The molecule has 0 aliphatic rings. The van der Waals surface area contributed by atoms with E-state index in [-0.39, 0.29) is 0 Å². The van der Waals surface area contributed by atoms with E-state index in [1.54, 1.807) is 12.1 Å². The molecule has 0 amide bonds. The average molecular weight is 183 g/mol. The first-order valence-electron chi connectivity index (χ1n) is 4.01. The van der Waals surface area contributed by atoms with Crippen LogP contribution in [0.4, 0.5) is 0 Å². The summed E-state index contributed by atoms with van der Waals surface area (Å²) in [6, 6.07) is 7.33. The van der Waals surface area contributed by atoms with E-state index in [1.807, 2.05) is 12.1 Å². The van der Waals surface area contributed by atoms with E-state index in [1.165, 1.54) is 5.56 Å². The quantitative estimate of drug-likeness (QED) is 0.545. The Morgan fingerprint density at radius 2 is 1.92 bits per heavy atom. The Bertz CT molecular complexity index is 222. The van der Waals surface area contributed by atoms with Crippen LogP contribution in [-0.2, 0) is 6.42 Å². The highest BCUT2D eigenvalue weighted by atomic mass is 31.0. The lowest BCUT2D eigenvalue weighted by molar-refractivity contribution is 0.475. The van der Waals surface area contributed by atoms with Crippen molar-refractivity contribution < 1.29 is 5.11 Å². The van der Waals surface area contributed by atoms with Crippen LogP contribution in [0.15, 0.2) is 24.3 Å². The summed E-state index contributed by atoms with van der Waals surface area (Å²) in [4.78, 5) is 0. The third-order valence-corrected chi connectivity index (χ3v) is 1.96. The van der Waals surface area contributed by atoms with Crippen molar-refractivity contribution in [3.05, 3.63) is 29.8 Å². The summed E-state index contributed by atoms with van der Waals surface area (Å²) in [7, 11) is 2.62. The number of hydrogen-bond donors (Lipinski definition) is 2. The molecule has 1 unspecified atom stereocenters. The SMILES string of the molecule is Oc1ccc(CCNCP)cc1. The summed E-state index contributed by atoms with van der Waals surface area (Å²) >= 11 is 0. The zero-order valence-electron chi connectivity index (χ0n) is 6.96. The molecule has 0 aromatic heterocycles. The zero-order chi connectivity index (χ0) is 8.81. The molecule has 0 aliphatic heterocycles. The Balaban J connectivity index is 2.37. The average Bonchev–Trinajstić information content (AvgIpc) is 2.09. The highest BCUT2D eigenvalue weighted by molar-refractivity contribution is 7.16. The van der Waals surface area contributed by atoms with Crippen LogP contribution in [0.3, 0.4) is 0 Å². The van der Waals surface area contributed by atoms with Crippen molar-refractivity contribution in [1.29, 1.82) is 0 Å². The maximum atomic E-state index is 9.01. The molecule has 12 heavy (non-hydrogen) atoms. The largest absolute Gasteiger partial charge is 0.508 e. The van der Waals surface area contributed by atoms with Gasteiger partial charge in [-0.15, -0.1) is 9.24 Å². The molecule has 1 atom stereocenters. The number of hydrogen-bond acceptors (Lipinski definition) is 2. The van der Waals surface area contributed by atoms with Gasteiger partial charge in [0.2, 0.25) is 0 Å². The highest BCUT2D eigenvalue weighted by Crippen LogP contribution is 2.09. The molecule has 0 fully saturated rings. The number of rotatable bonds is 4. The van der Waals surface area contributed by atoms with Gasteiger partial charge in [0.25, 0.3) is 0 Å². The molecule has 0 aliphatic carbocycles. The van der Waals surface area contributed by atoms with Crippen LogP contribution in [0, 0.1) is 0 Å². The number of phenolic OH excluding ortho intramolecular Hbond substituents is 1. The van der Waals surface area contributed by atoms with Gasteiger partial charge >= 0.3 is 0 Å². The summed E-state index contributed by atoms with van der Waals surface area (Å²) < 4.78 is 0. The third-order valence-electron chi connectivity index (χ3n) is 1.67. The van der Waals surface area contributed by atoms with Gasteiger partial charge in [-0.2, -0.15) is 0 Å². The predicted molar refractivity (Wildman–Crippen MR) is 54.4 cm³/mol. The molecular formula is C9H14NOP. The standard InChI is InChI=1S/C9H14NOP/c11-9-3-1-8(2-4-9)5-6-10-7-12/h1-4,10-11H,5-7,12H2. The van der Waals surface area contributed by atoms with Gasteiger partial charge in [0, 0.05) is 6.29 Å². The lowest BCUT2D eigenvalue weighted by atomic mass is 10.1. The molecule has 0 saturated carbocycles. The summed E-state index contributed by atoms with van der Waals surface area (Å²) in [6.07, 6.45) is 1.94. The number of nitrogens with one attached hydrogen (secondary N) is 1. The van der Waals surface area contributed by atoms with Crippen molar-refractivity contribution in [3.63, 3.8) is 0 Å². The highest BCUT2D eigenvalue weighted by Gasteiger charge is 1.91. The monoisotopic (exact) mass is 183 g/mol. The minimum atomic E-state index is 0.331. The Hall–Kier alpha value is -0.590. The van der Waals surface area contributed by atoms with Gasteiger partial charge in [0.15, 0.2) is 0 Å². The van der Waals surface area contributed by atoms with E-state index in [0.717, 1.165) is 19.3 Å². The van der Waals surface area contributed by atoms with Crippen molar-refractivity contribution in [2.24, 2.45) is 0 Å². The van der Waals surface area contributed by atoms with Crippen molar-refractivity contribution in [1.82, 2.24) is 5.32 Å². The first kappa shape index (κ1) is 9.50.